The zero-order chi connectivity index (χ0) is 15.4. The zero-order valence-corrected chi connectivity index (χ0v) is 12.2. The Kier molecular flexibility index (Phi) is 4.74. The van der Waals surface area contributed by atoms with Gasteiger partial charge in [-0.3, -0.25) is 9.59 Å². The molecule has 2 heterocycles. The highest BCUT2D eigenvalue weighted by molar-refractivity contribution is 5.98. The van der Waals surface area contributed by atoms with Crippen molar-refractivity contribution in [2.75, 3.05) is 32.6 Å². The minimum absolute atomic E-state index is 0.0637. The lowest BCUT2D eigenvalue weighted by Crippen LogP contribution is -2.30. The molecule has 1 aromatic rings. The van der Waals surface area contributed by atoms with Crippen LogP contribution in [0.2, 0.25) is 0 Å². The van der Waals surface area contributed by atoms with Crippen LogP contribution in [0.15, 0.2) is 18.3 Å². The third-order valence-corrected chi connectivity index (χ3v) is 3.71. The number of amides is 2. The van der Waals surface area contributed by atoms with Crippen molar-refractivity contribution in [2.45, 2.75) is 12.5 Å². The SMILES string of the molecule is CNc1ncccc1C(=O)N1C[C@@H](CC(N)=O)[C@@H](OC)C1. The summed E-state index contributed by atoms with van der Waals surface area (Å²) in [6, 6.07) is 3.45. The molecule has 3 N–H and O–H groups in total. The molecule has 1 saturated heterocycles. The lowest BCUT2D eigenvalue weighted by Gasteiger charge is -2.17. The summed E-state index contributed by atoms with van der Waals surface area (Å²) in [5, 5.41) is 2.90. The molecule has 1 aromatic heterocycles. The summed E-state index contributed by atoms with van der Waals surface area (Å²) in [7, 11) is 3.30. The smallest absolute Gasteiger partial charge is 0.257 e. The lowest BCUT2D eigenvalue weighted by molar-refractivity contribution is -0.119. The molecule has 0 radical (unpaired) electrons. The highest BCUT2D eigenvalue weighted by Crippen LogP contribution is 2.25. The van der Waals surface area contributed by atoms with Crippen LogP contribution in [-0.2, 0) is 9.53 Å². The molecule has 1 aliphatic heterocycles. The summed E-state index contributed by atoms with van der Waals surface area (Å²) in [4.78, 5) is 29.5. The average Bonchev–Trinajstić information content (AvgIpc) is 2.88. The van der Waals surface area contributed by atoms with Crippen molar-refractivity contribution in [3.8, 4) is 0 Å². The van der Waals surface area contributed by atoms with Crippen molar-refractivity contribution in [2.24, 2.45) is 11.7 Å². The van der Waals surface area contributed by atoms with Crippen LogP contribution in [0.4, 0.5) is 5.82 Å². The maximum absolute atomic E-state index is 12.6. The second kappa shape index (κ2) is 6.53. The van der Waals surface area contributed by atoms with Crippen LogP contribution in [0.3, 0.4) is 0 Å². The molecule has 1 aliphatic rings. The van der Waals surface area contributed by atoms with Crippen LogP contribution >= 0.6 is 0 Å². The van der Waals surface area contributed by atoms with E-state index in [4.69, 9.17) is 10.5 Å². The molecule has 2 amide bonds. The van der Waals surface area contributed by atoms with Crippen LogP contribution in [0, 0.1) is 5.92 Å². The predicted octanol–water partition coefficient (Wildman–Crippen LogP) is 0.0857. The monoisotopic (exact) mass is 292 g/mol. The second-order valence-electron chi connectivity index (χ2n) is 5.06. The van der Waals surface area contributed by atoms with Crippen molar-refractivity contribution in [3.63, 3.8) is 0 Å². The van der Waals surface area contributed by atoms with E-state index in [1.165, 1.54) is 0 Å². The number of aromatic nitrogens is 1. The van der Waals surface area contributed by atoms with Gasteiger partial charge in [0.15, 0.2) is 0 Å². The number of pyridine rings is 1. The molecule has 7 heteroatoms. The second-order valence-corrected chi connectivity index (χ2v) is 5.06. The maximum atomic E-state index is 12.6. The first kappa shape index (κ1) is 15.2. The number of anilines is 1. The highest BCUT2D eigenvalue weighted by Gasteiger charge is 2.37. The van der Waals surface area contributed by atoms with Crippen LogP contribution in [0.25, 0.3) is 0 Å². The van der Waals surface area contributed by atoms with E-state index < -0.39 is 0 Å². The van der Waals surface area contributed by atoms with Crippen molar-refractivity contribution in [3.05, 3.63) is 23.9 Å². The van der Waals surface area contributed by atoms with Crippen LogP contribution in [0.1, 0.15) is 16.8 Å². The summed E-state index contributed by atoms with van der Waals surface area (Å²) < 4.78 is 5.36. The van der Waals surface area contributed by atoms with E-state index >= 15 is 0 Å². The summed E-state index contributed by atoms with van der Waals surface area (Å²) >= 11 is 0. The maximum Gasteiger partial charge on any atom is 0.257 e. The van der Waals surface area contributed by atoms with Gasteiger partial charge < -0.3 is 20.7 Å². The molecule has 0 saturated carbocycles. The molecule has 2 rings (SSSR count). The van der Waals surface area contributed by atoms with Crippen molar-refractivity contribution in [1.82, 2.24) is 9.88 Å². The van der Waals surface area contributed by atoms with Gasteiger partial charge >= 0.3 is 0 Å². The Balaban J connectivity index is 2.15. The molecule has 2 atom stereocenters. The van der Waals surface area contributed by atoms with Crippen molar-refractivity contribution < 1.29 is 14.3 Å². The molecule has 21 heavy (non-hydrogen) atoms. The number of likely N-dealkylation sites (tertiary alicyclic amines) is 1. The van der Waals surface area contributed by atoms with Gasteiger partial charge in [0.25, 0.3) is 5.91 Å². The number of hydrogen-bond acceptors (Lipinski definition) is 5. The Morgan fingerprint density at radius 3 is 2.90 bits per heavy atom. The van der Waals surface area contributed by atoms with Gasteiger partial charge in [0.05, 0.1) is 11.7 Å². The van der Waals surface area contributed by atoms with Gasteiger partial charge in [-0.2, -0.15) is 0 Å². The summed E-state index contributed by atoms with van der Waals surface area (Å²) in [5.74, 6) is -0.0314. The lowest BCUT2D eigenvalue weighted by atomic mass is 10.0. The molecule has 0 spiro atoms. The first-order chi connectivity index (χ1) is 10.1. The van der Waals surface area contributed by atoms with E-state index in [2.05, 4.69) is 10.3 Å². The van der Waals surface area contributed by atoms with Crippen molar-refractivity contribution in [1.29, 1.82) is 0 Å². The molecular formula is C14H20N4O3. The number of nitrogens with two attached hydrogens (primary N) is 1. The number of carbonyl (C=O) groups is 2. The number of ether oxygens (including phenoxy) is 1. The van der Waals surface area contributed by atoms with E-state index in [0.29, 0.717) is 24.5 Å². The molecule has 0 bridgehead atoms. The normalized spacial score (nSPS) is 21.3. The average molecular weight is 292 g/mol. The number of nitrogens with one attached hydrogen (secondary N) is 1. The minimum Gasteiger partial charge on any atom is -0.379 e. The Hall–Kier alpha value is -2.15. The fourth-order valence-corrected chi connectivity index (χ4v) is 2.68. The van der Waals surface area contributed by atoms with Gasteiger partial charge in [0.2, 0.25) is 5.91 Å². The summed E-state index contributed by atoms with van der Waals surface area (Å²) in [6.45, 7) is 0.906. The molecule has 0 aromatic carbocycles. The fourth-order valence-electron chi connectivity index (χ4n) is 2.68. The Morgan fingerprint density at radius 1 is 1.52 bits per heavy atom. The molecule has 1 fully saturated rings. The number of hydrogen-bond donors (Lipinski definition) is 2. The Morgan fingerprint density at radius 2 is 2.29 bits per heavy atom. The topological polar surface area (TPSA) is 97.5 Å². The standard InChI is InChI=1S/C14H20N4O3/c1-16-13-10(4-3-5-17-13)14(20)18-7-9(6-12(15)19)11(8-18)21-2/h3-5,9,11H,6-8H2,1-2H3,(H2,15,19)(H,16,17)/t9-,11+/m1/s1. The van der Waals surface area contributed by atoms with E-state index in [-0.39, 0.29) is 30.3 Å². The van der Waals surface area contributed by atoms with Crippen LogP contribution in [-0.4, -0.2) is 55.0 Å². The third kappa shape index (κ3) is 3.30. The third-order valence-electron chi connectivity index (χ3n) is 3.71. The number of nitrogens with zero attached hydrogens (tertiary/aromatic N) is 2. The van der Waals surface area contributed by atoms with Gasteiger partial charge in [-0.05, 0) is 12.1 Å². The minimum atomic E-state index is -0.381. The Labute approximate surface area is 123 Å². The number of primary amides is 1. The zero-order valence-electron chi connectivity index (χ0n) is 12.2. The fraction of sp³-hybridized carbons (Fsp3) is 0.500. The van der Waals surface area contributed by atoms with Crippen LogP contribution < -0.4 is 11.1 Å². The van der Waals surface area contributed by atoms with Gasteiger partial charge in [-0.25, -0.2) is 4.98 Å². The number of methoxy groups -OCH3 is 1. The van der Waals surface area contributed by atoms with E-state index in [9.17, 15) is 9.59 Å². The quantitative estimate of drug-likeness (QED) is 0.801. The molecule has 0 unspecified atom stereocenters. The molecular weight excluding hydrogens is 272 g/mol. The van der Waals surface area contributed by atoms with E-state index in [0.717, 1.165) is 0 Å². The predicted molar refractivity (Wildman–Crippen MR) is 77.8 cm³/mol. The summed E-state index contributed by atoms with van der Waals surface area (Å²) in [5.41, 5.74) is 5.76. The van der Waals surface area contributed by atoms with Crippen molar-refractivity contribution >= 4 is 17.6 Å². The highest BCUT2D eigenvalue weighted by atomic mass is 16.5. The first-order valence-corrected chi connectivity index (χ1v) is 6.80. The van der Waals surface area contributed by atoms with Gasteiger partial charge in [0.1, 0.15) is 5.82 Å². The Bertz CT molecular complexity index is 535. The number of carbonyl (C=O) groups excluding carboxylic acids is 2. The molecule has 114 valence electrons. The molecule has 7 nitrogen and oxygen atoms in total. The van der Waals surface area contributed by atoms with Gasteiger partial charge in [0, 0.05) is 45.8 Å². The van der Waals surface area contributed by atoms with E-state index in [1.807, 2.05) is 0 Å². The summed E-state index contributed by atoms with van der Waals surface area (Å²) in [6.07, 6.45) is 1.67. The van der Waals surface area contributed by atoms with Gasteiger partial charge in [-0.1, -0.05) is 0 Å². The number of rotatable bonds is 5. The first-order valence-electron chi connectivity index (χ1n) is 6.80. The molecule has 0 aliphatic carbocycles. The largest absolute Gasteiger partial charge is 0.379 e. The van der Waals surface area contributed by atoms with Crippen LogP contribution in [0.5, 0.6) is 0 Å². The van der Waals surface area contributed by atoms with Gasteiger partial charge in [-0.15, -0.1) is 0 Å². The van der Waals surface area contributed by atoms with E-state index in [1.54, 1.807) is 37.4 Å².